The Morgan fingerprint density at radius 1 is 1.06 bits per heavy atom. The SMILES string of the molecule is Cc1ccc([C@@]2(C)NC(=O)N(CC(=O)N3CCC[C@@H]3c3ccc4c(c3)OCCCO4)C2=O)cc1. The van der Waals surface area contributed by atoms with E-state index in [4.69, 9.17) is 9.47 Å². The van der Waals surface area contributed by atoms with Gasteiger partial charge in [0.05, 0.1) is 19.3 Å². The predicted molar refractivity (Wildman–Crippen MR) is 125 cm³/mol. The fraction of sp³-hybridized carbons (Fsp3) is 0.423. The van der Waals surface area contributed by atoms with Gasteiger partial charge >= 0.3 is 6.03 Å². The summed E-state index contributed by atoms with van der Waals surface area (Å²) < 4.78 is 11.5. The topological polar surface area (TPSA) is 88.2 Å². The fourth-order valence-corrected chi connectivity index (χ4v) is 4.95. The third-order valence-corrected chi connectivity index (χ3v) is 6.93. The van der Waals surface area contributed by atoms with Crippen LogP contribution in [0.25, 0.3) is 0 Å². The molecule has 0 bridgehead atoms. The van der Waals surface area contributed by atoms with Crippen LogP contribution in [-0.4, -0.2) is 53.9 Å². The van der Waals surface area contributed by atoms with E-state index in [-0.39, 0.29) is 18.5 Å². The zero-order valence-corrected chi connectivity index (χ0v) is 19.5. The molecule has 1 N–H and O–H groups in total. The monoisotopic (exact) mass is 463 g/mol. The molecule has 2 aromatic carbocycles. The van der Waals surface area contributed by atoms with Crippen LogP contribution in [0.3, 0.4) is 0 Å². The smallest absolute Gasteiger partial charge is 0.325 e. The number of rotatable bonds is 4. The van der Waals surface area contributed by atoms with Crippen LogP contribution in [0.2, 0.25) is 0 Å². The number of carbonyl (C=O) groups excluding carboxylic acids is 3. The molecule has 8 heteroatoms. The van der Waals surface area contributed by atoms with E-state index in [9.17, 15) is 14.4 Å². The summed E-state index contributed by atoms with van der Waals surface area (Å²) >= 11 is 0. The largest absolute Gasteiger partial charge is 0.490 e. The van der Waals surface area contributed by atoms with Gasteiger partial charge in [-0.2, -0.15) is 0 Å². The molecule has 2 atom stereocenters. The van der Waals surface area contributed by atoms with Gasteiger partial charge in [0.25, 0.3) is 5.91 Å². The van der Waals surface area contributed by atoms with Crippen molar-refractivity contribution in [3.63, 3.8) is 0 Å². The van der Waals surface area contributed by atoms with Crippen molar-refractivity contribution in [3.8, 4) is 11.5 Å². The van der Waals surface area contributed by atoms with E-state index in [0.717, 1.165) is 35.3 Å². The van der Waals surface area contributed by atoms with E-state index in [1.807, 2.05) is 49.4 Å². The lowest BCUT2D eigenvalue weighted by Crippen LogP contribution is -2.44. The summed E-state index contributed by atoms with van der Waals surface area (Å²) in [5, 5.41) is 2.78. The van der Waals surface area contributed by atoms with Crippen molar-refractivity contribution in [3.05, 3.63) is 59.2 Å². The Hall–Kier alpha value is -3.55. The highest BCUT2D eigenvalue weighted by atomic mass is 16.5. The van der Waals surface area contributed by atoms with Gasteiger partial charge in [-0.25, -0.2) is 4.79 Å². The van der Waals surface area contributed by atoms with Crippen molar-refractivity contribution in [2.45, 2.75) is 44.7 Å². The molecule has 2 fully saturated rings. The number of ether oxygens (including phenoxy) is 2. The number of carbonyl (C=O) groups is 3. The van der Waals surface area contributed by atoms with Gasteiger partial charge in [0.2, 0.25) is 5.91 Å². The van der Waals surface area contributed by atoms with E-state index in [1.165, 1.54) is 0 Å². The number of amides is 4. The lowest BCUT2D eigenvalue weighted by atomic mass is 9.91. The first kappa shape index (κ1) is 22.3. The van der Waals surface area contributed by atoms with Crippen molar-refractivity contribution >= 4 is 17.8 Å². The van der Waals surface area contributed by atoms with Gasteiger partial charge < -0.3 is 19.7 Å². The molecule has 5 rings (SSSR count). The summed E-state index contributed by atoms with van der Waals surface area (Å²) in [6.07, 6.45) is 2.49. The van der Waals surface area contributed by atoms with Gasteiger partial charge in [0.15, 0.2) is 11.5 Å². The third kappa shape index (κ3) is 3.87. The highest BCUT2D eigenvalue weighted by Crippen LogP contribution is 2.38. The highest BCUT2D eigenvalue weighted by Gasteiger charge is 2.50. The van der Waals surface area contributed by atoms with Gasteiger partial charge in [-0.05, 0) is 49.9 Å². The molecule has 3 aliphatic rings. The lowest BCUT2D eigenvalue weighted by Gasteiger charge is -2.27. The maximum atomic E-state index is 13.3. The van der Waals surface area contributed by atoms with Crippen LogP contribution in [0.15, 0.2) is 42.5 Å². The molecule has 0 aromatic heterocycles. The molecule has 178 valence electrons. The normalized spacial score (nSPS) is 24.2. The second-order valence-electron chi connectivity index (χ2n) is 9.31. The predicted octanol–water partition coefficient (Wildman–Crippen LogP) is 3.29. The van der Waals surface area contributed by atoms with Crippen LogP contribution in [0.4, 0.5) is 4.79 Å². The first-order valence-electron chi connectivity index (χ1n) is 11.8. The van der Waals surface area contributed by atoms with Crippen molar-refractivity contribution in [2.24, 2.45) is 0 Å². The molecule has 2 saturated heterocycles. The number of aryl methyl sites for hydroxylation is 1. The fourth-order valence-electron chi connectivity index (χ4n) is 4.95. The van der Waals surface area contributed by atoms with Gasteiger partial charge in [0, 0.05) is 13.0 Å². The Bertz CT molecular complexity index is 1130. The molecule has 0 radical (unpaired) electrons. The maximum absolute atomic E-state index is 13.3. The molecule has 34 heavy (non-hydrogen) atoms. The standard InChI is InChI=1S/C26H29N3O5/c1-17-6-9-19(10-7-17)26(2)24(31)29(25(32)27-26)16-23(30)28-12-3-5-20(28)18-8-11-21-22(15-18)34-14-4-13-33-21/h6-11,15,20H,3-5,12-14,16H2,1-2H3,(H,27,32)/t20-,26-/m1/s1. The second-order valence-corrected chi connectivity index (χ2v) is 9.31. The van der Waals surface area contributed by atoms with Gasteiger partial charge in [0.1, 0.15) is 12.1 Å². The van der Waals surface area contributed by atoms with E-state index in [2.05, 4.69) is 5.32 Å². The summed E-state index contributed by atoms with van der Waals surface area (Å²) in [7, 11) is 0. The average Bonchev–Trinajstić information content (AvgIpc) is 3.30. The maximum Gasteiger partial charge on any atom is 0.325 e. The molecular formula is C26H29N3O5. The Balaban J connectivity index is 1.33. The van der Waals surface area contributed by atoms with Crippen LogP contribution in [0, 0.1) is 6.92 Å². The van der Waals surface area contributed by atoms with Gasteiger partial charge in [-0.1, -0.05) is 35.9 Å². The van der Waals surface area contributed by atoms with E-state index < -0.39 is 17.5 Å². The number of imide groups is 1. The summed E-state index contributed by atoms with van der Waals surface area (Å²) in [6.45, 7) is 5.15. The molecule has 3 aliphatic heterocycles. The molecule has 3 heterocycles. The number of urea groups is 1. The van der Waals surface area contributed by atoms with Crippen molar-refractivity contribution in [1.82, 2.24) is 15.1 Å². The van der Waals surface area contributed by atoms with E-state index in [1.54, 1.807) is 11.8 Å². The molecule has 2 aromatic rings. The molecule has 0 spiro atoms. The van der Waals surface area contributed by atoms with E-state index >= 15 is 0 Å². The molecular weight excluding hydrogens is 434 g/mol. The third-order valence-electron chi connectivity index (χ3n) is 6.93. The Morgan fingerprint density at radius 3 is 2.56 bits per heavy atom. The number of hydrogen-bond donors (Lipinski definition) is 1. The van der Waals surface area contributed by atoms with Crippen LogP contribution in [0.5, 0.6) is 11.5 Å². The number of nitrogens with one attached hydrogen (secondary N) is 1. The second kappa shape index (κ2) is 8.66. The molecule has 0 aliphatic carbocycles. The molecule has 8 nitrogen and oxygen atoms in total. The van der Waals surface area contributed by atoms with Crippen LogP contribution in [0.1, 0.15) is 48.9 Å². The number of benzene rings is 2. The number of hydrogen-bond acceptors (Lipinski definition) is 5. The van der Waals surface area contributed by atoms with Crippen molar-refractivity contribution < 1.29 is 23.9 Å². The zero-order chi connectivity index (χ0) is 23.9. The summed E-state index contributed by atoms with van der Waals surface area (Å²) in [5.74, 6) is 0.747. The number of nitrogens with zero attached hydrogens (tertiary/aromatic N) is 2. The molecule has 0 saturated carbocycles. The van der Waals surface area contributed by atoms with Crippen molar-refractivity contribution in [2.75, 3.05) is 26.3 Å². The van der Waals surface area contributed by atoms with Crippen LogP contribution in [-0.2, 0) is 15.1 Å². The first-order chi connectivity index (χ1) is 16.4. The Labute approximate surface area is 198 Å². The summed E-state index contributed by atoms with van der Waals surface area (Å²) in [6, 6.07) is 12.6. The quantitative estimate of drug-likeness (QED) is 0.703. The number of fused-ring (bicyclic) bond motifs is 1. The lowest BCUT2D eigenvalue weighted by molar-refractivity contribution is -0.139. The minimum atomic E-state index is -1.19. The molecule has 4 amide bonds. The zero-order valence-electron chi connectivity index (χ0n) is 19.5. The average molecular weight is 464 g/mol. The minimum absolute atomic E-state index is 0.131. The van der Waals surface area contributed by atoms with Crippen molar-refractivity contribution in [1.29, 1.82) is 0 Å². The van der Waals surface area contributed by atoms with Crippen LogP contribution >= 0.6 is 0 Å². The van der Waals surface area contributed by atoms with Gasteiger partial charge in [-0.3, -0.25) is 14.5 Å². The summed E-state index contributed by atoms with van der Waals surface area (Å²) in [5.41, 5.74) is 1.53. The van der Waals surface area contributed by atoms with E-state index in [0.29, 0.717) is 36.8 Å². The Morgan fingerprint density at radius 2 is 1.79 bits per heavy atom. The Kier molecular flexibility index (Phi) is 5.67. The highest BCUT2D eigenvalue weighted by molar-refractivity contribution is 6.09. The van der Waals surface area contributed by atoms with Crippen LogP contribution < -0.4 is 14.8 Å². The molecule has 0 unspecified atom stereocenters. The minimum Gasteiger partial charge on any atom is -0.490 e. The van der Waals surface area contributed by atoms with Gasteiger partial charge in [-0.15, -0.1) is 0 Å². The summed E-state index contributed by atoms with van der Waals surface area (Å²) in [4.78, 5) is 42.1. The number of likely N-dealkylation sites (tertiary alicyclic amines) is 1. The first-order valence-corrected chi connectivity index (χ1v) is 11.8.